The quantitative estimate of drug-likeness (QED) is 0.774. The van der Waals surface area contributed by atoms with Crippen LogP contribution in [0, 0.1) is 18.7 Å². The predicted molar refractivity (Wildman–Crippen MR) is 121 cm³/mol. The molecule has 4 rings (SSSR count). The maximum absolute atomic E-state index is 13.8. The molecule has 0 saturated carbocycles. The molecule has 0 radical (unpaired) electrons. The average molecular weight is 440 g/mol. The lowest BCUT2D eigenvalue weighted by Gasteiger charge is -2.39. The Balaban J connectivity index is 1.36. The van der Waals surface area contributed by atoms with Crippen molar-refractivity contribution in [3.8, 4) is 5.75 Å². The maximum atomic E-state index is 13.8. The van der Waals surface area contributed by atoms with Gasteiger partial charge in [0.05, 0.1) is 12.2 Å². The second kappa shape index (κ2) is 9.59. The van der Waals surface area contributed by atoms with Crippen molar-refractivity contribution in [2.24, 2.45) is 5.92 Å². The predicted octanol–water partition coefficient (Wildman–Crippen LogP) is 4.26. The molecular weight excluding hydrogens is 409 g/mol. The number of benzene rings is 2. The number of urea groups is 1. The molecule has 3 amide bonds. The first kappa shape index (κ1) is 22.1. The van der Waals surface area contributed by atoms with Crippen molar-refractivity contribution in [1.29, 1.82) is 0 Å². The highest BCUT2D eigenvalue weighted by Gasteiger charge is 2.34. The first-order valence-corrected chi connectivity index (χ1v) is 11.3. The lowest BCUT2D eigenvalue weighted by molar-refractivity contribution is -0.126. The Labute approximate surface area is 188 Å². The number of rotatable bonds is 4. The number of likely N-dealkylation sites (tertiary alicyclic amines) is 1. The largest absolute Gasteiger partial charge is 0.486 e. The zero-order valence-electron chi connectivity index (χ0n) is 18.6. The van der Waals surface area contributed by atoms with Crippen molar-refractivity contribution in [3.63, 3.8) is 0 Å². The van der Waals surface area contributed by atoms with E-state index < -0.39 is 0 Å². The number of nitrogens with zero attached hydrogens (tertiary/aromatic N) is 2. The SMILES string of the molecule is CC[C@H]1CN(C(=O)N2CCC(C(=O)NCc3ccccc3F)CC2)c2cc(C)ccc2O1. The molecule has 6 nitrogen and oxygen atoms in total. The molecule has 2 aromatic carbocycles. The van der Waals surface area contributed by atoms with E-state index in [0.29, 0.717) is 38.0 Å². The van der Waals surface area contributed by atoms with E-state index in [1.165, 1.54) is 6.07 Å². The summed E-state index contributed by atoms with van der Waals surface area (Å²) in [7, 11) is 0. The molecule has 1 fully saturated rings. The Kier molecular flexibility index (Phi) is 6.63. The zero-order valence-corrected chi connectivity index (χ0v) is 18.6. The highest BCUT2D eigenvalue weighted by molar-refractivity contribution is 5.94. The summed E-state index contributed by atoms with van der Waals surface area (Å²) in [5.74, 6) is 0.163. The number of amides is 3. The summed E-state index contributed by atoms with van der Waals surface area (Å²) in [6.07, 6.45) is 1.98. The summed E-state index contributed by atoms with van der Waals surface area (Å²) in [6, 6.07) is 12.3. The molecule has 1 N–H and O–H groups in total. The number of nitrogens with one attached hydrogen (secondary N) is 1. The molecule has 0 aliphatic carbocycles. The normalized spacial score (nSPS) is 18.7. The molecule has 32 heavy (non-hydrogen) atoms. The van der Waals surface area contributed by atoms with Crippen LogP contribution in [0.3, 0.4) is 0 Å². The van der Waals surface area contributed by atoms with Crippen LogP contribution in [0.2, 0.25) is 0 Å². The molecular formula is C25H30FN3O3. The van der Waals surface area contributed by atoms with Crippen LogP contribution in [-0.4, -0.2) is 42.6 Å². The zero-order chi connectivity index (χ0) is 22.7. The first-order valence-electron chi connectivity index (χ1n) is 11.3. The van der Waals surface area contributed by atoms with Gasteiger partial charge in [-0.25, -0.2) is 9.18 Å². The Morgan fingerprint density at radius 1 is 1.16 bits per heavy atom. The number of anilines is 1. The Morgan fingerprint density at radius 2 is 1.91 bits per heavy atom. The highest BCUT2D eigenvalue weighted by atomic mass is 19.1. The summed E-state index contributed by atoms with van der Waals surface area (Å²) in [5.41, 5.74) is 2.36. The number of hydrogen-bond acceptors (Lipinski definition) is 3. The molecule has 0 spiro atoms. The number of hydrogen-bond donors (Lipinski definition) is 1. The van der Waals surface area contributed by atoms with Gasteiger partial charge in [0.2, 0.25) is 5.91 Å². The number of piperidine rings is 1. The van der Waals surface area contributed by atoms with E-state index in [9.17, 15) is 14.0 Å². The lowest BCUT2D eigenvalue weighted by atomic mass is 9.96. The fourth-order valence-electron chi connectivity index (χ4n) is 4.32. The molecule has 2 aliphatic rings. The lowest BCUT2D eigenvalue weighted by Crippen LogP contribution is -2.52. The summed E-state index contributed by atoms with van der Waals surface area (Å²) in [5, 5.41) is 2.84. The van der Waals surface area contributed by atoms with E-state index in [2.05, 4.69) is 12.2 Å². The standard InChI is InChI=1S/C25H30FN3O3/c1-3-20-16-29(22-14-17(2)8-9-23(22)32-20)25(31)28-12-10-18(11-13-28)24(30)27-15-19-6-4-5-7-21(19)26/h4-9,14,18,20H,3,10-13,15-16H2,1-2H3,(H,27,30)/t20-/m0/s1. The van der Waals surface area contributed by atoms with E-state index in [-0.39, 0.29) is 36.3 Å². The number of carbonyl (C=O) groups excluding carboxylic acids is 2. The molecule has 2 heterocycles. The van der Waals surface area contributed by atoms with Gasteiger partial charge >= 0.3 is 6.03 Å². The van der Waals surface area contributed by atoms with Gasteiger partial charge in [-0.3, -0.25) is 9.69 Å². The molecule has 0 unspecified atom stereocenters. The van der Waals surface area contributed by atoms with Crippen LogP contribution in [0.5, 0.6) is 5.75 Å². The van der Waals surface area contributed by atoms with Gasteiger partial charge in [0.25, 0.3) is 0 Å². The minimum absolute atomic E-state index is 0.0316. The molecule has 1 saturated heterocycles. The second-order valence-electron chi connectivity index (χ2n) is 8.58. The summed E-state index contributed by atoms with van der Waals surface area (Å²) in [4.78, 5) is 29.6. The number of carbonyl (C=O) groups is 2. The Morgan fingerprint density at radius 3 is 2.62 bits per heavy atom. The third-order valence-corrected chi connectivity index (χ3v) is 6.32. The monoisotopic (exact) mass is 439 g/mol. The van der Waals surface area contributed by atoms with Gasteiger partial charge in [-0.15, -0.1) is 0 Å². The van der Waals surface area contributed by atoms with Gasteiger partial charge in [-0.2, -0.15) is 0 Å². The number of aryl methyl sites for hydroxylation is 1. The molecule has 0 bridgehead atoms. The topological polar surface area (TPSA) is 61.9 Å². The van der Waals surface area contributed by atoms with Gasteiger partial charge < -0.3 is 15.0 Å². The van der Waals surface area contributed by atoms with Crippen molar-refractivity contribution in [2.45, 2.75) is 45.8 Å². The van der Waals surface area contributed by atoms with Crippen molar-refractivity contribution in [2.75, 3.05) is 24.5 Å². The summed E-state index contributed by atoms with van der Waals surface area (Å²) >= 11 is 0. The van der Waals surface area contributed by atoms with Crippen LogP contribution in [0.1, 0.15) is 37.3 Å². The molecule has 0 aromatic heterocycles. The van der Waals surface area contributed by atoms with Crippen molar-refractivity contribution in [3.05, 3.63) is 59.4 Å². The average Bonchev–Trinajstić information content (AvgIpc) is 2.82. The van der Waals surface area contributed by atoms with Crippen LogP contribution in [0.25, 0.3) is 0 Å². The highest BCUT2D eigenvalue weighted by Crippen LogP contribution is 2.36. The Hall–Kier alpha value is -3.09. The van der Waals surface area contributed by atoms with Crippen molar-refractivity contribution >= 4 is 17.6 Å². The molecule has 1 atom stereocenters. The van der Waals surface area contributed by atoms with Gasteiger partial charge in [-0.05, 0) is 49.9 Å². The van der Waals surface area contributed by atoms with Crippen LogP contribution in [0.4, 0.5) is 14.9 Å². The second-order valence-corrected chi connectivity index (χ2v) is 8.58. The maximum Gasteiger partial charge on any atom is 0.324 e. The van der Waals surface area contributed by atoms with E-state index >= 15 is 0 Å². The van der Waals surface area contributed by atoms with Gasteiger partial charge in [-0.1, -0.05) is 31.2 Å². The first-order chi connectivity index (χ1) is 15.5. The minimum Gasteiger partial charge on any atom is -0.486 e. The van der Waals surface area contributed by atoms with E-state index in [1.807, 2.05) is 34.9 Å². The fourth-order valence-corrected chi connectivity index (χ4v) is 4.32. The van der Waals surface area contributed by atoms with Crippen molar-refractivity contribution in [1.82, 2.24) is 10.2 Å². The van der Waals surface area contributed by atoms with E-state index in [4.69, 9.17) is 4.74 Å². The van der Waals surface area contributed by atoms with Gasteiger partial charge in [0.15, 0.2) is 0 Å². The van der Waals surface area contributed by atoms with Crippen LogP contribution in [0.15, 0.2) is 42.5 Å². The minimum atomic E-state index is -0.320. The molecule has 2 aromatic rings. The van der Waals surface area contributed by atoms with E-state index in [0.717, 1.165) is 23.4 Å². The number of halogens is 1. The van der Waals surface area contributed by atoms with Gasteiger partial charge in [0, 0.05) is 31.1 Å². The smallest absolute Gasteiger partial charge is 0.324 e. The van der Waals surface area contributed by atoms with Crippen LogP contribution < -0.4 is 15.0 Å². The summed E-state index contributed by atoms with van der Waals surface area (Å²) < 4.78 is 19.8. The van der Waals surface area contributed by atoms with Crippen LogP contribution in [-0.2, 0) is 11.3 Å². The Bertz CT molecular complexity index is 988. The fraction of sp³-hybridized carbons (Fsp3) is 0.440. The molecule has 2 aliphatic heterocycles. The van der Waals surface area contributed by atoms with Crippen molar-refractivity contribution < 1.29 is 18.7 Å². The van der Waals surface area contributed by atoms with E-state index in [1.54, 1.807) is 18.2 Å². The number of fused-ring (bicyclic) bond motifs is 1. The number of ether oxygens (including phenoxy) is 1. The molecule has 7 heteroatoms. The molecule has 170 valence electrons. The summed E-state index contributed by atoms with van der Waals surface area (Å²) in [6.45, 7) is 5.79. The van der Waals surface area contributed by atoms with Crippen LogP contribution >= 0.6 is 0 Å². The van der Waals surface area contributed by atoms with Gasteiger partial charge in [0.1, 0.15) is 17.7 Å². The third-order valence-electron chi connectivity index (χ3n) is 6.32. The third kappa shape index (κ3) is 4.71.